The summed E-state index contributed by atoms with van der Waals surface area (Å²) in [5.41, 5.74) is 0.717. The van der Waals surface area contributed by atoms with Crippen LogP contribution in [0.3, 0.4) is 0 Å². The Balaban J connectivity index is 1.52. The molecular weight excluding hydrogens is 428 g/mol. The van der Waals surface area contributed by atoms with Crippen LogP contribution in [0.2, 0.25) is 5.15 Å². The summed E-state index contributed by atoms with van der Waals surface area (Å²) >= 11 is 5.88. The highest BCUT2D eigenvalue weighted by Crippen LogP contribution is 2.26. The predicted octanol–water partition coefficient (Wildman–Crippen LogP) is 2.70. The van der Waals surface area contributed by atoms with Crippen LogP contribution in [-0.4, -0.2) is 51.5 Å². The molecule has 0 aliphatic carbocycles. The molecule has 1 amide bonds. The lowest BCUT2D eigenvalue weighted by molar-refractivity contribution is 0.102. The van der Waals surface area contributed by atoms with Crippen LogP contribution in [-0.2, 0) is 10.0 Å². The molecule has 0 unspecified atom stereocenters. The zero-order chi connectivity index (χ0) is 21.5. The summed E-state index contributed by atoms with van der Waals surface area (Å²) in [6.45, 7) is 5.12. The lowest BCUT2D eigenvalue weighted by Gasteiger charge is -2.34. The van der Waals surface area contributed by atoms with Gasteiger partial charge in [-0.1, -0.05) is 25.4 Å². The van der Waals surface area contributed by atoms with Crippen LogP contribution < -0.4 is 5.32 Å². The van der Waals surface area contributed by atoms with E-state index in [0.29, 0.717) is 30.6 Å². The van der Waals surface area contributed by atoms with Crippen molar-refractivity contribution in [3.05, 3.63) is 47.1 Å². The molecule has 0 radical (unpaired) electrons. The number of aromatic nitrogens is 4. The average molecular weight is 449 g/mol. The summed E-state index contributed by atoms with van der Waals surface area (Å²) in [5.74, 6) is 0.281. The summed E-state index contributed by atoms with van der Waals surface area (Å²) in [6, 6.07) is 9.04. The highest BCUT2D eigenvalue weighted by atomic mass is 35.5. The topological polar surface area (TPSA) is 110 Å². The largest absolute Gasteiger partial charge is 0.289 e. The van der Waals surface area contributed by atoms with E-state index in [1.807, 2.05) is 0 Å². The number of amides is 1. The monoisotopic (exact) mass is 448 g/mol. The van der Waals surface area contributed by atoms with Crippen LogP contribution in [0.1, 0.15) is 30.6 Å². The number of sulfonamides is 1. The van der Waals surface area contributed by atoms with Crippen molar-refractivity contribution >= 4 is 39.1 Å². The first kappa shape index (κ1) is 20.7. The van der Waals surface area contributed by atoms with Gasteiger partial charge in [-0.05, 0) is 54.7 Å². The van der Waals surface area contributed by atoms with E-state index in [2.05, 4.69) is 34.5 Å². The van der Waals surface area contributed by atoms with Crippen molar-refractivity contribution in [1.29, 1.82) is 0 Å². The van der Waals surface area contributed by atoms with E-state index in [4.69, 9.17) is 11.6 Å². The average Bonchev–Trinajstić information content (AvgIpc) is 3.09. The molecule has 1 saturated heterocycles. The standard InChI is InChI=1S/C19H21ClN6O3S/c1-12-9-13(2)11-25(10-12)30(28,29)15-5-3-14(4-6-15)18(27)21-19-23-22-17-8-7-16(20)24-26(17)19/h3-8,12-13H,9-11H2,1-2H3,(H,21,23,27)/t12-,13+. The summed E-state index contributed by atoms with van der Waals surface area (Å²) < 4.78 is 28.8. The van der Waals surface area contributed by atoms with Crippen LogP contribution in [0, 0.1) is 11.8 Å². The summed E-state index contributed by atoms with van der Waals surface area (Å²) in [5, 5.41) is 14.7. The molecule has 1 aliphatic rings. The fraction of sp³-hybridized carbons (Fsp3) is 0.368. The maximum Gasteiger partial charge on any atom is 0.258 e. The molecule has 9 nitrogen and oxygen atoms in total. The van der Waals surface area contributed by atoms with Crippen LogP contribution >= 0.6 is 11.6 Å². The number of hydrogen-bond acceptors (Lipinski definition) is 6. The number of anilines is 1. The van der Waals surface area contributed by atoms with E-state index in [0.717, 1.165) is 6.42 Å². The van der Waals surface area contributed by atoms with E-state index in [1.54, 1.807) is 12.1 Å². The van der Waals surface area contributed by atoms with Crippen LogP contribution in [0.15, 0.2) is 41.3 Å². The molecule has 3 heterocycles. The van der Waals surface area contributed by atoms with Gasteiger partial charge in [0.25, 0.3) is 11.9 Å². The van der Waals surface area contributed by atoms with E-state index >= 15 is 0 Å². The molecule has 0 spiro atoms. The Hall–Kier alpha value is -2.56. The van der Waals surface area contributed by atoms with Gasteiger partial charge in [-0.15, -0.1) is 10.2 Å². The van der Waals surface area contributed by atoms with Crippen LogP contribution in [0.25, 0.3) is 5.65 Å². The first-order valence-electron chi connectivity index (χ1n) is 9.53. The first-order chi connectivity index (χ1) is 14.2. The molecule has 3 aromatic rings. The Morgan fingerprint density at radius 3 is 2.40 bits per heavy atom. The molecule has 1 aliphatic heterocycles. The van der Waals surface area contributed by atoms with Crippen molar-refractivity contribution in [2.45, 2.75) is 25.2 Å². The molecule has 11 heteroatoms. The third-order valence-electron chi connectivity index (χ3n) is 5.05. The Kier molecular flexibility index (Phi) is 5.48. The third-order valence-corrected chi connectivity index (χ3v) is 7.09. The Bertz CT molecular complexity index is 1180. The van der Waals surface area contributed by atoms with Gasteiger partial charge in [-0.25, -0.2) is 8.42 Å². The number of carbonyl (C=O) groups excluding carboxylic acids is 1. The Morgan fingerprint density at radius 1 is 1.07 bits per heavy atom. The fourth-order valence-electron chi connectivity index (χ4n) is 3.75. The predicted molar refractivity (Wildman–Crippen MR) is 112 cm³/mol. The van der Waals surface area contributed by atoms with Crippen molar-refractivity contribution in [3.63, 3.8) is 0 Å². The lowest BCUT2D eigenvalue weighted by atomic mass is 9.94. The number of nitrogens with zero attached hydrogens (tertiary/aromatic N) is 5. The van der Waals surface area contributed by atoms with Gasteiger partial charge in [0.1, 0.15) is 5.15 Å². The minimum absolute atomic E-state index is 0.116. The highest BCUT2D eigenvalue weighted by Gasteiger charge is 2.31. The summed E-state index contributed by atoms with van der Waals surface area (Å²) in [7, 11) is -3.60. The molecular formula is C19H21ClN6O3S. The number of benzene rings is 1. The lowest BCUT2D eigenvalue weighted by Crippen LogP contribution is -2.42. The molecule has 0 saturated carbocycles. The molecule has 1 fully saturated rings. The number of halogens is 1. The molecule has 30 heavy (non-hydrogen) atoms. The number of carbonyl (C=O) groups is 1. The molecule has 2 aromatic heterocycles. The quantitative estimate of drug-likeness (QED) is 0.657. The summed E-state index contributed by atoms with van der Waals surface area (Å²) in [4.78, 5) is 12.7. The molecule has 1 N–H and O–H groups in total. The van der Waals surface area contributed by atoms with Gasteiger partial charge in [-0.2, -0.15) is 13.9 Å². The van der Waals surface area contributed by atoms with Gasteiger partial charge < -0.3 is 0 Å². The number of hydrogen-bond donors (Lipinski definition) is 1. The second-order valence-electron chi connectivity index (χ2n) is 7.70. The Labute approximate surface area is 179 Å². The second-order valence-corrected chi connectivity index (χ2v) is 10.0. The van der Waals surface area contributed by atoms with Gasteiger partial charge in [0.2, 0.25) is 10.0 Å². The maximum absolute atomic E-state index is 13.0. The molecule has 2 atom stereocenters. The first-order valence-corrected chi connectivity index (χ1v) is 11.4. The zero-order valence-corrected chi connectivity index (χ0v) is 18.1. The smallest absolute Gasteiger partial charge is 0.258 e. The number of rotatable bonds is 4. The molecule has 0 bridgehead atoms. The highest BCUT2D eigenvalue weighted by molar-refractivity contribution is 7.89. The fourth-order valence-corrected chi connectivity index (χ4v) is 5.57. The van der Waals surface area contributed by atoms with Gasteiger partial charge in [-0.3, -0.25) is 10.1 Å². The van der Waals surface area contributed by atoms with Gasteiger partial charge >= 0.3 is 0 Å². The van der Waals surface area contributed by atoms with Crippen LogP contribution in [0.5, 0.6) is 0 Å². The number of piperidine rings is 1. The zero-order valence-electron chi connectivity index (χ0n) is 16.5. The van der Waals surface area contributed by atoms with E-state index in [-0.39, 0.29) is 21.6 Å². The van der Waals surface area contributed by atoms with Crippen molar-refractivity contribution in [2.75, 3.05) is 18.4 Å². The minimum Gasteiger partial charge on any atom is -0.289 e. The maximum atomic E-state index is 13.0. The third kappa shape index (κ3) is 4.03. The molecule has 4 rings (SSSR count). The van der Waals surface area contributed by atoms with E-state index in [1.165, 1.54) is 33.1 Å². The SMILES string of the molecule is C[C@@H]1C[C@H](C)CN(S(=O)(=O)c2ccc(C(=O)Nc3nnc4ccc(Cl)nn34)cc2)C1. The van der Waals surface area contributed by atoms with E-state index < -0.39 is 15.9 Å². The Morgan fingerprint density at radius 2 is 1.73 bits per heavy atom. The number of nitrogens with one attached hydrogen (secondary N) is 1. The van der Waals surface area contributed by atoms with Gasteiger partial charge in [0, 0.05) is 18.7 Å². The molecule has 1 aromatic carbocycles. The van der Waals surface area contributed by atoms with Crippen molar-refractivity contribution in [3.8, 4) is 0 Å². The number of fused-ring (bicyclic) bond motifs is 1. The van der Waals surface area contributed by atoms with Crippen molar-refractivity contribution in [1.82, 2.24) is 24.1 Å². The minimum atomic E-state index is -3.60. The summed E-state index contributed by atoms with van der Waals surface area (Å²) in [6.07, 6.45) is 1.02. The van der Waals surface area contributed by atoms with Crippen molar-refractivity contribution in [2.24, 2.45) is 11.8 Å². The van der Waals surface area contributed by atoms with Gasteiger partial charge in [0.05, 0.1) is 4.90 Å². The molecule has 158 valence electrons. The van der Waals surface area contributed by atoms with Gasteiger partial charge in [0.15, 0.2) is 5.65 Å². The van der Waals surface area contributed by atoms with Crippen molar-refractivity contribution < 1.29 is 13.2 Å². The second kappa shape index (κ2) is 7.93. The normalized spacial score (nSPS) is 20.4. The van der Waals surface area contributed by atoms with E-state index in [9.17, 15) is 13.2 Å². The van der Waals surface area contributed by atoms with Crippen LogP contribution in [0.4, 0.5) is 5.95 Å².